The lowest BCUT2D eigenvalue weighted by atomic mass is 10.1. The summed E-state index contributed by atoms with van der Waals surface area (Å²) in [6.07, 6.45) is 10.8. The quantitative estimate of drug-likeness (QED) is 0.812. The van der Waals surface area contributed by atoms with E-state index in [0.29, 0.717) is 6.04 Å². The second kappa shape index (κ2) is 6.88. The average molecular weight is 278 g/mol. The van der Waals surface area contributed by atoms with Crippen LogP contribution in [0.1, 0.15) is 70.2 Å². The molecule has 1 fully saturated rings. The number of hydrogen-bond acceptors (Lipinski definition) is 3. The van der Waals surface area contributed by atoms with Crippen LogP contribution in [0.15, 0.2) is 12.5 Å². The highest BCUT2D eigenvalue weighted by Gasteiger charge is 2.25. The molecule has 5 heteroatoms. The van der Waals surface area contributed by atoms with Crippen molar-refractivity contribution in [2.45, 2.75) is 70.5 Å². The Bertz CT molecular complexity index is 433. The molecule has 1 amide bonds. The van der Waals surface area contributed by atoms with Gasteiger partial charge in [-0.1, -0.05) is 25.7 Å². The molecule has 2 rings (SSSR count). The fourth-order valence-corrected chi connectivity index (χ4v) is 2.96. The number of nitrogens with zero attached hydrogens (tertiary/aromatic N) is 2. The second-order valence-corrected chi connectivity index (χ2v) is 6.01. The van der Waals surface area contributed by atoms with Crippen LogP contribution >= 0.6 is 0 Å². The van der Waals surface area contributed by atoms with Crippen LogP contribution in [0.2, 0.25) is 0 Å². The van der Waals surface area contributed by atoms with Gasteiger partial charge >= 0.3 is 0 Å². The van der Waals surface area contributed by atoms with Gasteiger partial charge in [-0.3, -0.25) is 10.1 Å². The van der Waals surface area contributed by atoms with Crippen LogP contribution in [0.25, 0.3) is 0 Å². The Labute approximate surface area is 120 Å². The van der Waals surface area contributed by atoms with Gasteiger partial charge in [0.2, 0.25) is 5.91 Å². The predicted octanol–water partition coefficient (Wildman–Crippen LogP) is 2.30. The van der Waals surface area contributed by atoms with Gasteiger partial charge in [0, 0.05) is 12.1 Å². The highest BCUT2D eigenvalue weighted by molar-refractivity contribution is 5.81. The van der Waals surface area contributed by atoms with Crippen LogP contribution in [-0.2, 0) is 4.79 Å². The van der Waals surface area contributed by atoms with Gasteiger partial charge in [-0.05, 0) is 26.7 Å². The molecule has 20 heavy (non-hydrogen) atoms. The van der Waals surface area contributed by atoms with Crippen molar-refractivity contribution >= 4 is 5.91 Å². The lowest BCUT2D eigenvalue weighted by Gasteiger charge is -2.24. The number of aromatic nitrogens is 2. The summed E-state index contributed by atoms with van der Waals surface area (Å²) in [5.41, 5.74) is 6.48. The van der Waals surface area contributed by atoms with Gasteiger partial charge in [-0.15, -0.1) is 0 Å². The van der Waals surface area contributed by atoms with Crippen molar-refractivity contribution in [1.82, 2.24) is 14.9 Å². The molecule has 0 spiro atoms. The Kier molecular flexibility index (Phi) is 5.17. The highest BCUT2D eigenvalue weighted by Crippen LogP contribution is 2.22. The molecule has 0 radical (unpaired) electrons. The van der Waals surface area contributed by atoms with Gasteiger partial charge in [0.15, 0.2) is 0 Å². The molecule has 5 nitrogen and oxygen atoms in total. The molecule has 1 atom stereocenters. The maximum absolute atomic E-state index is 11.9. The van der Waals surface area contributed by atoms with E-state index in [-0.39, 0.29) is 11.9 Å². The van der Waals surface area contributed by atoms with Crippen molar-refractivity contribution in [1.29, 1.82) is 0 Å². The third-order valence-corrected chi connectivity index (χ3v) is 4.09. The number of carbonyl (C=O) groups excluding carboxylic acids is 1. The minimum atomic E-state index is -0.442. The van der Waals surface area contributed by atoms with E-state index in [1.165, 1.54) is 25.7 Å². The van der Waals surface area contributed by atoms with E-state index in [9.17, 15) is 4.79 Å². The minimum absolute atomic E-state index is 0.269. The molecule has 1 aromatic rings. The predicted molar refractivity (Wildman–Crippen MR) is 79.2 cm³/mol. The molecule has 0 aromatic carbocycles. The van der Waals surface area contributed by atoms with Crippen molar-refractivity contribution in [3.05, 3.63) is 18.2 Å². The molecule has 1 aliphatic carbocycles. The number of hydrogen-bond donors (Lipinski definition) is 2. The number of rotatable bonds is 5. The molecule has 1 heterocycles. The lowest BCUT2D eigenvalue weighted by molar-refractivity contribution is -0.120. The summed E-state index contributed by atoms with van der Waals surface area (Å²) < 4.78 is 2.01. The number of amides is 1. The summed E-state index contributed by atoms with van der Waals surface area (Å²) in [5.74, 6) is -0.323. The van der Waals surface area contributed by atoms with Gasteiger partial charge in [-0.2, -0.15) is 0 Å². The fraction of sp³-hybridized carbons (Fsp3) is 0.733. The van der Waals surface area contributed by atoms with Crippen LogP contribution in [0.3, 0.4) is 0 Å². The molecular weight excluding hydrogens is 252 g/mol. The average Bonchev–Trinajstić information content (AvgIpc) is 2.73. The third kappa shape index (κ3) is 3.60. The largest absolute Gasteiger partial charge is 0.368 e. The molecule has 0 bridgehead atoms. The number of nitrogens with one attached hydrogen (secondary N) is 1. The van der Waals surface area contributed by atoms with Crippen molar-refractivity contribution in [2.24, 2.45) is 5.73 Å². The minimum Gasteiger partial charge on any atom is -0.368 e. The van der Waals surface area contributed by atoms with Crippen LogP contribution < -0.4 is 11.1 Å². The maximum Gasteiger partial charge on any atom is 0.240 e. The molecular formula is C15H26N4O. The van der Waals surface area contributed by atoms with Gasteiger partial charge < -0.3 is 10.3 Å². The van der Waals surface area contributed by atoms with Crippen molar-refractivity contribution < 1.29 is 4.79 Å². The Morgan fingerprint density at radius 2 is 2.00 bits per heavy atom. The van der Waals surface area contributed by atoms with Crippen LogP contribution in [0.4, 0.5) is 0 Å². The molecule has 1 unspecified atom stereocenters. The maximum atomic E-state index is 11.9. The summed E-state index contributed by atoms with van der Waals surface area (Å²) in [5, 5.41) is 3.46. The third-order valence-electron chi connectivity index (χ3n) is 4.09. The number of imidazole rings is 1. The molecule has 3 N–H and O–H groups in total. The summed E-state index contributed by atoms with van der Waals surface area (Å²) >= 11 is 0. The summed E-state index contributed by atoms with van der Waals surface area (Å²) in [6.45, 7) is 4.16. The molecule has 1 aliphatic rings. The summed E-state index contributed by atoms with van der Waals surface area (Å²) in [7, 11) is 0. The van der Waals surface area contributed by atoms with Gasteiger partial charge in [0.05, 0.1) is 18.2 Å². The van der Waals surface area contributed by atoms with Gasteiger partial charge in [0.25, 0.3) is 0 Å². The topological polar surface area (TPSA) is 72.9 Å². The Morgan fingerprint density at radius 1 is 1.35 bits per heavy atom. The van der Waals surface area contributed by atoms with Crippen LogP contribution in [0, 0.1) is 0 Å². The number of carbonyl (C=O) groups is 1. The zero-order valence-corrected chi connectivity index (χ0v) is 12.5. The Hall–Kier alpha value is -1.36. The van der Waals surface area contributed by atoms with Crippen molar-refractivity contribution in [2.75, 3.05) is 0 Å². The van der Waals surface area contributed by atoms with E-state index < -0.39 is 6.04 Å². The zero-order chi connectivity index (χ0) is 14.5. The number of nitrogens with two attached hydrogens (primary N) is 1. The monoisotopic (exact) mass is 278 g/mol. The molecule has 112 valence electrons. The first-order valence-corrected chi connectivity index (χ1v) is 7.66. The summed E-state index contributed by atoms with van der Waals surface area (Å²) in [4.78, 5) is 16.0. The highest BCUT2D eigenvalue weighted by atomic mass is 16.1. The summed E-state index contributed by atoms with van der Waals surface area (Å²) in [6, 6.07) is 0.207. The van der Waals surface area contributed by atoms with Crippen LogP contribution in [-0.4, -0.2) is 21.5 Å². The first-order valence-electron chi connectivity index (χ1n) is 7.66. The van der Waals surface area contributed by atoms with Crippen molar-refractivity contribution in [3.8, 4) is 0 Å². The number of primary amides is 1. The molecule has 0 aliphatic heterocycles. The second-order valence-electron chi connectivity index (χ2n) is 6.01. The van der Waals surface area contributed by atoms with E-state index in [2.05, 4.69) is 24.1 Å². The standard InChI is InChI=1S/C15H26N4O/c1-11(2)19-10-17-9-13(19)14(15(16)20)18-12-7-5-3-4-6-8-12/h9-12,14,18H,3-8H2,1-2H3,(H2,16,20). The SMILES string of the molecule is CC(C)n1cncc1C(NC1CCCCCC1)C(N)=O. The van der Waals surface area contributed by atoms with E-state index in [1.54, 1.807) is 12.5 Å². The molecule has 1 aromatic heterocycles. The van der Waals surface area contributed by atoms with Crippen LogP contribution in [0.5, 0.6) is 0 Å². The normalized spacial score (nSPS) is 18.9. The Morgan fingerprint density at radius 3 is 2.55 bits per heavy atom. The van der Waals surface area contributed by atoms with Gasteiger partial charge in [-0.25, -0.2) is 4.98 Å². The van der Waals surface area contributed by atoms with E-state index >= 15 is 0 Å². The smallest absolute Gasteiger partial charge is 0.240 e. The zero-order valence-electron chi connectivity index (χ0n) is 12.5. The van der Waals surface area contributed by atoms with E-state index in [0.717, 1.165) is 18.5 Å². The fourth-order valence-electron chi connectivity index (χ4n) is 2.96. The Balaban J connectivity index is 2.14. The van der Waals surface area contributed by atoms with E-state index in [4.69, 9.17) is 5.73 Å². The van der Waals surface area contributed by atoms with Crippen molar-refractivity contribution in [3.63, 3.8) is 0 Å². The first-order chi connectivity index (χ1) is 9.59. The molecule has 0 saturated heterocycles. The lowest BCUT2D eigenvalue weighted by Crippen LogP contribution is -2.41. The molecule has 1 saturated carbocycles. The first kappa shape index (κ1) is 15.0. The van der Waals surface area contributed by atoms with Gasteiger partial charge in [0.1, 0.15) is 6.04 Å². The van der Waals surface area contributed by atoms with E-state index in [1.807, 2.05) is 4.57 Å².